The van der Waals surface area contributed by atoms with Crippen LogP contribution in [0.1, 0.15) is 44.4 Å². The maximum Gasteiger partial charge on any atom is 0.123 e. The van der Waals surface area contributed by atoms with E-state index < -0.39 is 5.54 Å². The number of rotatable bonds is 2. The van der Waals surface area contributed by atoms with Crippen LogP contribution in [0.25, 0.3) is 0 Å². The van der Waals surface area contributed by atoms with Crippen molar-refractivity contribution >= 4 is 0 Å². The average molecular weight is 271 g/mol. The fraction of sp³-hybridized carbons (Fsp3) is 0.333. The largest absolute Gasteiger partial charge is 0.318 e. The zero-order valence-electron chi connectivity index (χ0n) is 12.6. The first-order valence-electron chi connectivity index (χ1n) is 6.87. The van der Waals surface area contributed by atoms with Crippen molar-refractivity contribution in [1.29, 1.82) is 0 Å². The Morgan fingerprint density at radius 1 is 0.700 bits per heavy atom. The molecule has 0 aliphatic heterocycles. The molecule has 0 saturated carbocycles. The van der Waals surface area contributed by atoms with Gasteiger partial charge in [-0.05, 0) is 41.2 Å². The maximum absolute atomic E-state index is 13.0. The fourth-order valence-corrected chi connectivity index (χ4v) is 2.28. The molecule has 1 nitrogen and oxygen atoms in total. The zero-order valence-corrected chi connectivity index (χ0v) is 12.6. The van der Waals surface area contributed by atoms with Crippen LogP contribution in [0.15, 0.2) is 48.5 Å². The summed E-state index contributed by atoms with van der Waals surface area (Å²) in [7, 11) is 0. The van der Waals surface area contributed by atoms with Crippen molar-refractivity contribution in [3.63, 3.8) is 0 Å². The minimum Gasteiger partial charge on any atom is -0.318 e. The highest BCUT2D eigenvalue weighted by Crippen LogP contribution is 2.29. The van der Waals surface area contributed by atoms with E-state index in [0.29, 0.717) is 0 Å². The molecule has 2 aromatic carbocycles. The summed E-state index contributed by atoms with van der Waals surface area (Å²) in [6.45, 7) is 8.50. The molecular weight excluding hydrogens is 249 g/mol. The van der Waals surface area contributed by atoms with Crippen LogP contribution >= 0.6 is 0 Å². The Morgan fingerprint density at radius 2 is 1.05 bits per heavy atom. The van der Waals surface area contributed by atoms with E-state index in [9.17, 15) is 4.39 Å². The molecule has 0 aliphatic rings. The summed E-state index contributed by atoms with van der Waals surface area (Å²) in [5, 5.41) is 0. The predicted octanol–water partition coefficient (Wildman–Crippen LogP) is 4.35. The fourth-order valence-electron chi connectivity index (χ4n) is 2.28. The molecule has 0 fully saturated rings. The van der Waals surface area contributed by atoms with Gasteiger partial charge < -0.3 is 5.73 Å². The van der Waals surface area contributed by atoms with Crippen LogP contribution in [-0.4, -0.2) is 0 Å². The molecular formula is C18H22FN. The Morgan fingerprint density at radius 3 is 1.45 bits per heavy atom. The molecule has 2 N–H and O–H groups in total. The second-order valence-electron chi connectivity index (χ2n) is 6.54. The lowest BCUT2D eigenvalue weighted by Crippen LogP contribution is -2.34. The van der Waals surface area contributed by atoms with Gasteiger partial charge in [0.15, 0.2) is 0 Å². The quantitative estimate of drug-likeness (QED) is 0.863. The highest BCUT2D eigenvalue weighted by molar-refractivity contribution is 5.39. The minimum atomic E-state index is -0.621. The van der Waals surface area contributed by atoms with Gasteiger partial charge in [-0.2, -0.15) is 0 Å². The van der Waals surface area contributed by atoms with Gasteiger partial charge in [-0.3, -0.25) is 0 Å². The molecule has 0 aromatic heterocycles. The summed E-state index contributed by atoms with van der Waals surface area (Å²) in [5.41, 5.74) is 9.15. The highest BCUT2D eigenvalue weighted by Gasteiger charge is 2.24. The van der Waals surface area contributed by atoms with Crippen LogP contribution in [0.4, 0.5) is 4.39 Å². The van der Waals surface area contributed by atoms with Crippen LogP contribution in [0.2, 0.25) is 0 Å². The first-order valence-corrected chi connectivity index (χ1v) is 6.87. The van der Waals surface area contributed by atoms with E-state index in [4.69, 9.17) is 5.73 Å². The van der Waals surface area contributed by atoms with Gasteiger partial charge >= 0.3 is 0 Å². The maximum atomic E-state index is 13.0. The Bertz CT molecular complexity index is 574. The van der Waals surface area contributed by atoms with E-state index in [2.05, 4.69) is 45.0 Å². The molecule has 1 unspecified atom stereocenters. The molecule has 0 bridgehead atoms. The van der Waals surface area contributed by atoms with Crippen molar-refractivity contribution < 1.29 is 4.39 Å². The summed E-state index contributed by atoms with van der Waals surface area (Å²) in [6.07, 6.45) is 0. The van der Waals surface area contributed by atoms with Crippen molar-refractivity contribution in [3.05, 3.63) is 71.0 Å². The number of nitrogens with two attached hydrogens (primary N) is 1. The molecule has 1 atom stereocenters. The average Bonchev–Trinajstić information content (AvgIpc) is 2.38. The number of hydrogen-bond acceptors (Lipinski definition) is 1. The van der Waals surface area contributed by atoms with Gasteiger partial charge in [0.25, 0.3) is 0 Å². The van der Waals surface area contributed by atoms with Gasteiger partial charge in [-0.15, -0.1) is 0 Å². The molecule has 20 heavy (non-hydrogen) atoms. The van der Waals surface area contributed by atoms with Gasteiger partial charge in [-0.1, -0.05) is 57.2 Å². The molecule has 0 aliphatic carbocycles. The molecule has 0 amide bonds. The van der Waals surface area contributed by atoms with Gasteiger partial charge in [0.1, 0.15) is 5.82 Å². The van der Waals surface area contributed by atoms with Crippen LogP contribution in [-0.2, 0) is 11.0 Å². The minimum absolute atomic E-state index is 0.124. The zero-order chi connectivity index (χ0) is 15.0. The van der Waals surface area contributed by atoms with Crippen molar-refractivity contribution in [1.82, 2.24) is 0 Å². The molecule has 0 spiro atoms. The Kier molecular flexibility index (Phi) is 3.70. The van der Waals surface area contributed by atoms with Crippen molar-refractivity contribution in [3.8, 4) is 0 Å². The molecule has 2 heteroatoms. The summed E-state index contributed by atoms with van der Waals surface area (Å²) >= 11 is 0. The smallest absolute Gasteiger partial charge is 0.123 e. The first-order chi connectivity index (χ1) is 9.21. The van der Waals surface area contributed by atoms with E-state index in [1.807, 2.05) is 6.92 Å². The van der Waals surface area contributed by atoms with Crippen molar-refractivity contribution in [2.45, 2.75) is 38.6 Å². The van der Waals surface area contributed by atoms with E-state index in [-0.39, 0.29) is 11.2 Å². The summed E-state index contributed by atoms with van der Waals surface area (Å²) in [6, 6.07) is 14.7. The van der Waals surface area contributed by atoms with Crippen LogP contribution in [0, 0.1) is 5.82 Å². The van der Waals surface area contributed by atoms with E-state index in [1.54, 1.807) is 12.1 Å². The number of benzene rings is 2. The third-order valence-electron chi connectivity index (χ3n) is 3.79. The lowest BCUT2D eigenvalue weighted by Gasteiger charge is -2.27. The number of halogens is 1. The Hall–Kier alpha value is -1.67. The van der Waals surface area contributed by atoms with Crippen LogP contribution in [0.3, 0.4) is 0 Å². The third kappa shape index (κ3) is 2.91. The molecule has 106 valence electrons. The summed E-state index contributed by atoms with van der Waals surface area (Å²) < 4.78 is 13.0. The normalized spacial score (nSPS) is 14.9. The molecule has 2 rings (SSSR count). The lowest BCUT2D eigenvalue weighted by molar-refractivity contribution is 0.579. The van der Waals surface area contributed by atoms with E-state index in [1.165, 1.54) is 17.7 Å². The second kappa shape index (κ2) is 5.02. The molecule has 0 radical (unpaired) electrons. The van der Waals surface area contributed by atoms with Crippen molar-refractivity contribution in [2.75, 3.05) is 0 Å². The molecule has 0 saturated heterocycles. The van der Waals surface area contributed by atoms with Crippen LogP contribution in [0.5, 0.6) is 0 Å². The lowest BCUT2D eigenvalue weighted by atomic mass is 9.82. The van der Waals surface area contributed by atoms with Gasteiger partial charge in [0.2, 0.25) is 0 Å². The Balaban J connectivity index is 2.37. The topological polar surface area (TPSA) is 26.0 Å². The monoisotopic (exact) mass is 271 g/mol. The van der Waals surface area contributed by atoms with Crippen molar-refractivity contribution in [2.24, 2.45) is 5.73 Å². The van der Waals surface area contributed by atoms with E-state index >= 15 is 0 Å². The van der Waals surface area contributed by atoms with Gasteiger partial charge in [0.05, 0.1) is 5.54 Å². The standard InChI is InChI=1S/C18H22FN/c1-17(2,3)13-5-7-14(8-6-13)18(4,20)15-9-11-16(19)12-10-15/h5-12H,20H2,1-4H3. The SMILES string of the molecule is CC(C)(C)c1ccc(C(C)(N)c2ccc(F)cc2)cc1. The summed E-state index contributed by atoms with van der Waals surface area (Å²) in [5.74, 6) is -0.243. The molecule has 2 aromatic rings. The number of hydrogen-bond donors (Lipinski definition) is 1. The second-order valence-corrected chi connectivity index (χ2v) is 6.54. The first kappa shape index (κ1) is 14.7. The Labute approximate surface area is 120 Å². The third-order valence-corrected chi connectivity index (χ3v) is 3.79. The highest BCUT2D eigenvalue weighted by atomic mass is 19.1. The van der Waals surface area contributed by atoms with Gasteiger partial charge in [0, 0.05) is 0 Å². The molecule has 0 heterocycles. The predicted molar refractivity (Wildman–Crippen MR) is 82.2 cm³/mol. The van der Waals surface area contributed by atoms with Gasteiger partial charge in [-0.25, -0.2) is 4.39 Å². The van der Waals surface area contributed by atoms with E-state index in [0.717, 1.165) is 11.1 Å². The summed E-state index contributed by atoms with van der Waals surface area (Å²) in [4.78, 5) is 0. The van der Waals surface area contributed by atoms with Crippen LogP contribution < -0.4 is 5.73 Å².